The van der Waals surface area contributed by atoms with Gasteiger partial charge in [-0.2, -0.15) is 0 Å². The summed E-state index contributed by atoms with van der Waals surface area (Å²) in [5.41, 5.74) is 4.88. The maximum Gasteiger partial charge on any atom is 0.255 e. The molecule has 0 aliphatic heterocycles. The van der Waals surface area contributed by atoms with E-state index in [1.54, 1.807) is 31.6 Å². The van der Waals surface area contributed by atoms with Crippen LogP contribution < -0.4 is 10.1 Å². The number of hydrogen-bond donors (Lipinski definition) is 1. The molecule has 0 radical (unpaired) electrons. The van der Waals surface area contributed by atoms with Gasteiger partial charge in [-0.05, 0) is 74.0 Å². The van der Waals surface area contributed by atoms with Crippen molar-refractivity contribution in [1.29, 1.82) is 0 Å². The lowest BCUT2D eigenvalue weighted by atomic mass is 10.1. The number of nitrogens with zero attached hydrogens (tertiary/aromatic N) is 3. The number of methoxy groups -OCH3 is 1. The van der Waals surface area contributed by atoms with Gasteiger partial charge in [0, 0.05) is 23.0 Å². The first-order valence-corrected chi connectivity index (χ1v) is 12.9. The third kappa shape index (κ3) is 5.96. The highest BCUT2D eigenvalue weighted by Gasteiger charge is 2.23. The lowest BCUT2D eigenvalue weighted by Crippen LogP contribution is -2.38. The van der Waals surface area contributed by atoms with E-state index in [4.69, 9.17) is 14.1 Å². The van der Waals surface area contributed by atoms with Crippen LogP contribution in [-0.4, -0.2) is 39.9 Å². The summed E-state index contributed by atoms with van der Waals surface area (Å²) < 4.78 is 12.6. The Labute approximate surface area is 232 Å². The van der Waals surface area contributed by atoms with Gasteiger partial charge in [-0.25, -0.2) is 4.98 Å². The molecule has 0 saturated carbocycles. The Morgan fingerprint density at radius 2 is 1.70 bits per heavy atom. The molecule has 2 aromatic heterocycles. The molecular formula is C32H30N4O4. The topological polar surface area (TPSA) is 89.6 Å². The molecule has 5 rings (SSSR count). The maximum absolute atomic E-state index is 13.5. The molecule has 40 heavy (non-hydrogen) atoms. The molecule has 0 aliphatic carbocycles. The van der Waals surface area contributed by atoms with Crippen LogP contribution >= 0.6 is 0 Å². The normalized spacial score (nSPS) is 10.8. The number of imidazole rings is 1. The third-order valence-electron chi connectivity index (χ3n) is 6.58. The summed E-state index contributed by atoms with van der Waals surface area (Å²) in [4.78, 5) is 33.2. The molecule has 3 aromatic carbocycles. The SMILES string of the molecule is COc1ccc(-c2cn(-c3ccc(C)cc3)c(NC(=O)CN(Cc3ccco3)C(=O)c3ccccc3C)n2)cc1. The highest BCUT2D eigenvalue weighted by molar-refractivity contribution is 5.99. The van der Waals surface area contributed by atoms with Crippen LogP contribution in [0, 0.1) is 13.8 Å². The average Bonchev–Trinajstić information content (AvgIpc) is 3.63. The van der Waals surface area contributed by atoms with Gasteiger partial charge in [-0.1, -0.05) is 35.9 Å². The predicted molar refractivity (Wildman–Crippen MR) is 154 cm³/mol. The Morgan fingerprint density at radius 1 is 0.950 bits per heavy atom. The molecule has 2 heterocycles. The van der Waals surface area contributed by atoms with E-state index in [2.05, 4.69) is 5.32 Å². The number of aryl methyl sites for hydroxylation is 2. The van der Waals surface area contributed by atoms with E-state index in [1.807, 2.05) is 91.3 Å². The largest absolute Gasteiger partial charge is 0.497 e. The highest BCUT2D eigenvalue weighted by Crippen LogP contribution is 2.26. The van der Waals surface area contributed by atoms with E-state index in [0.29, 0.717) is 23.0 Å². The number of carbonyl (C=O) groups excluding carboxylic acids is 2. The van der Waals surface area contributed by atoms with Gasteiger partial charge in [-0.3, -0.25) is 19.5 Å². The number of aromatic nitrogens is 2. The lowest BCUT2D eigenvalue weighted by Gasteiger charge is -2.22. The van der Waals surface area contributed by atoms with E-state index in [1.165, 1.54) is 4.90 Å². The summed E-state index contributed by atoms with van der Waals surface area (Å²) >= 11 is 0. The number of hydrogen-bond acceptors (Lipinski definition) is 5. The minimum absolute atomic E-state index is 0.150. The Balaban J connectivity index is 1.44. The van der Waals surface area contributed by atoms with Crippen LogP contribution in [-0.2, 0) is 11.3 Å². The standard InChI is InChI=1S/C32H30N4O4/c1-22-10-14-25(15-11-22)36-20-29(24-12-16-26(39-3)17-13-24)33-32(36)34-30(37)21-35(19-27-8-6-18-40-27)31(38)28-9-5-4-7-23(28)2/h4-18,20H,19,21H2,1-3H3,(H,33,34,37). The molecular weight excluding hydrogens is 504 g/mol. The molecule has 5 aromatic rings. The van der Waals surface area contributed by atoms with Gasteiger partial charge in [-0.15, -0.1) is 0 Å². The Hall–Kier alpha value is -5.11. The smallest absolute Gasteiger partial charge is 0.255 e. The fraction of sp³-hybridized carbons (Fsp3) is 0.156. The van der Waals surface area contributed by atoms with Crippen LogP contribution in [0.25, 0.3) is 16.9 Å². The second-order valence-electron chi connectivity index (χ2n) is 9.49. The Bertz CT molecular complexity index is 1600. The number of nitrogens with one attached hydrogen (secondary N) is 1. The number of amides is 2. The fourth-order valence-electron chi connectivity index (χ4n) is 4.38. The van der Waals surface area contributed by atoms with Crippen molar-refractivity contribution in [3.05, 3.63) is 120 Å². The predicted octanol–water partition coefficient (Wildman–Crippen LogP) is 6.04. The zero-order valence-electron chi connectivity index (χ0n) is 22.6. The van der Waals surface area contributed by atoms with E-state index in [0.717, 1.165) is 28.1 Å². The van der Waals surface area contributed by atoms with Crippen LogP contribution in [0.3, 0.4) is 0 Å². The Morgan fingerprint density at radius 3 is 2.38 bits per heavy atom. The van der Waals surface area contributed by atoms with E-state index >= 15 is 0 Å². The number of anilines is 1. The second kappa shape index (κ2) is 11.7. The molecule has 0 fully saturated rings. The maximum atomic E-state index is 13.5. The van der Waals surface area contributed by atoms with Crippen LogP contribution in [0.1, 0.15) is 27.2 Å². The van der Waals surface area contributed by atoms with Crippen LogP contribution in [0.5, 0.6) is 5.75 Å². The molecule has 1 N–H and O–H groups in total. The molecule has 0 saturated heterocycles. The highest BCUT2D eigenvalue weighted by atomic mass is 16.5. The first kappa shape index (κ1) is 26.5. The molecule has 2 amide bonds. The number of benzene rings is 3. The number of ether oxygens (including phenoxy) is 1. The fourth-order valence-corrected chi connectivity index (χ4v) is 4.38. The van der Waals surface area contributed by atoms with Gasteiger partial charge in [0.2, 0.25) is 11.9 Å². The van der Waals surface area contributed by atoms with Crippen LogP contribution in [0.15, 0.2) is 102 Å². The van der Waals surface area contributed by atoms with Gasteiger partial charge < -0.3 is 14.1 Å². The average molecular weight is 535 g/mol. The minimum Gasteiger partial charge on any atom is -0.497 e. The lowest BCUT2D eigenvalue weighted by molar-refractivity contribution is -0.117. The zero-order valence-corrected chi connectivity index (χ0v) is 22.6. The summed E-state index contributed by atoms with van der Waals surface area (Å²) in [6, 6.07) is 26.3. The monoisotopic (exact) mass is 534 g/mol. The van der Waals surface area contributed by atoms with Crippen molar-refractivity contribution < 1.29 is 18.7 Å². The van der Waals surface area contributed by atoms with E-state index < -0.39 is 0 Å². The zero-order chi connectivity index (χ0) is 28.1. The van der Waals surface area contributed by atoms with Gasteiger partial charge >= 0.3 is 0 Å². The summed E-state index contributed by atoms with van der Waals surface area (Å²) in [7, 11) is 1.62. The minimum atomic E-state index is -0.381. The summed E-state index contributed by atoms with van der Waals surface area (Å²) in [6.45, 7) is 3.85. The van der Waals surface area contributed by atoms with Crippen molar-refractivity contribution in [1.82, 2.24) is 14.5 Å². The molecule has 0 spiro atoms. The number of carbonyl (C=O) groups is 2. The van der Waals surface area contributed by atoms with Crippen molar-refractivity contribution in [2.24, 2.45) is 0 Å². The molecule has 0 unspecified atom stereocenters. The van der Waals surface area contributed by atoms with Crippen molar-refractivity contribution in [3.63, 3.8) is 0 Å². The third-order valence-corrected chi connectivity index (χ3v) is 6.58. The van der Waals surface area contributed by atoms with Gasteiger partial charge in [0.1, 0.15) is 18.1 Å². The number of furan rings is 1. The van der Waals surface area contributed by atoms with Crippen molar-refractivity contribution in [3.8, 4) is 22.7 Å². The van der Waals surface area contributed by atoms with E-state index in [9.17, 15) is 9.59 Å². The number of rotatable bonds is 9. The van der Waals surface area contributed by atoms with Gasteiger partial charge in [0.25, 0.3) is 5.91 Å². The molecule has 0 bridgehead atoms. The molecule has 0 aliphatic rings. The first-order valence-electron chi connectivity index (χ1n) is 12.9. The Kier molecular flexibility index (Phi) is 7.77. The second-order valence-corrected chi connectivity index (χ2v) is 9.49. The summed E-state index contributed by atoms with van der Waals surface area (Å²) in [6.07, 6.45) is 3.42. The van der Waals surface area contributed by atoms with Crippen molar-refractivity contribution >= 4 is 17.8 Å². The quantitative estimate of drug-likeness (QED) is 0.249. The van der Waals surface area contributed by atoms with Crippen LogP contribution in [0.4, 0.5) is 5.95 Å². The van der Waals surface area contributed by atoms with Gasteiger partial charge in [0.15, 0.2) is 0 Å². The summed E-state index contributed by atoms with van der Waals surface area (Å²) in [5, 5.41) is 2.93. The molecule has 8 nitrogen and oxygen atoms in total. The molecule has 0 atom stereocenters. The van der Waals surface area contributed by atoms with Crippen LogP contribution in [0.2, 0.25) is 0 Å². The van der Waals surface area contributed by atoms with Gasteiger partial charge in [0.05, 0.1) is 25.6 Å². The molecule has 202 valence electrons. The first-order chi connectivity index (χ1) is 19.4. The van der Waals surface area contributed by atoms with Crippen molar-refractivity contribution in [2.45, 2.75) is 20.4 Å². The van der Waals surface area contributed by atoms with E-state index in [-0.39, 0.29) is 24.9 Å². The summed E-state index contributed by atoms with van der Waals surface area (Å²) in [5.74, 6) is 1.03. The van der Waals surface area contributed by atoms with Crippen molar-refractivity contribution in [2.75, 3.05) is 19.0 Å². The molecule has 8 heteroatoms.